The van der Waals surface area contributed by atoms with Crippen molar-refractivity contribution >= 4 is 29.9 Å². The highest BCUT2D eigenvalue weighted by Gasteiger charge is 2.26. The number of nitrogens with one attached hydrogen (secondary N) is 2. The Morgan fingerprint density at radius 2 is 2.15 bits per heavy atom. The standard InChI is InChI=1S/C18H28N4O3.ClH/c1-13-5-6-16(25-2)15(10-13)21-17(23)12-22-9-3-4-14(11-22)18(24)20-8-7-19;/h5-6,10,14H,3-4,7-9,11-12,19H2,1-2H3,(H,20,24)(H,21,23);1H. The number of anilines is 1. The maximum Gasteiger partial charge on any atom is 0.238 e. The lowest BCUT2D eigenvalue weighted by Gasteiger charge is -2.31. The number of carbonyl (C=O) groups is 2. The highest BCUT2D eigenvalue weighted by atomic mass is 35.5. The number of carbonyl (C=O) groups excluding carboxylic acids is 2. The molecule has 0 bridgehead atoms. The smallest absolute Gasteiger partial charge is 0.238 e. The third-order valence-corrected chi connectivity index (χ3v) is 4.32. The van der Waals surface area contributed by atoms with Gasteiger partial charge in [-0.05, 0) is 44.0 Å². The molecule has 1 aromatic carbocycles. The van der Waals surface area contributed by atoms with E-state index in [9.17, 15) is 9.59 Å². The van der Waals surface area contributed by atoms with Crippen LogP contribution < -0.4 is 21.1 Å². The Kier molecular flexibility index (Phi) is 9.40. The second-order valence-electron chi connectivity index (χ2n) is 6.41. The minimum Gasteiger partial charge on any atom is -0.495 e. The largest absolute Gasteiger partial charge is 0.495 e. The third kappa shape index (κ3) is 6.48. The third-order valence-electron chi connectivity index (χ3n) is 4.32. The van der Waals surface area contributed by atoms with Crippen molar-refractivity contribution in [3.05, 3.63) is 23.8 Å². The molecule has 4 N–H and O–H groups in total. The summed E-state index contributed by atoms with van der Waals surface area (Å²) in [5.74, 6) is 0.473. The van der Waals surface area contributed by atoms with Crippen LogP contribution in [0.4, 0.5) is 5.69 Å². The summed E-state index contributed by atoms with van der Waals surface area (Å²) in [6.45, 7) is 4.56. The summed E-state index contributed by atoms with van der Waals surface area (Å²) in [6, 6.07) is 5.66. The molecule has 146 valence electrons. The van der Waals surface area contributed by atoms with Crippen LogP contribution in [0.2, 0.25) is 0 Å². The van der Waals surface area contributed by atoms with E-state index in [-0.39, 0.29) is 36.7 Å². The van der Waals surface area contributed by atoms with Crippen molar-refractivity contribution in [2.45, 2.75) is 19.8 Å². The summed E-state index contributed by atoms with van der Waals surface area (Å²) < 4.78 is 5.29. The maximum atomic E-state index is 12.4. The van der Waals surface area contributed by atoms with Gasteiger partial charge in [-0.3, -0.25) is 14.5 Å². The number of hydrogen-bond donors (Lipinski definition) is 3. The highest BCUT2D eigenvalue weighted by molar-refractivity contribution is 5.93. The number of ether oxygens (including phenoxy) is 1. The zero-order chi connectivity index (χ0) is 18.2. The Bertz CT molecular complexity index is 612. The van der Waals surface area contributed by atoms with Crippen molar-refractivity contribution < 1.29 is 14.3 Å². The van der Waals surface area contributed by atoms with E-state index in [1.807, 2.05) is 30.0 Å². The van der Waals surface area contributed by atoms with Crippen LogP contribution in [0.5, 0.6) is 5.75 Å². The Morgan fingerprint density at radius 1 is 1.38 bits per heavy atom. The molecule has 2 amide bonds. The molecule has 0 aromatic heterocycles. The molecular weight excluding hydrogens is 356 g/mol. The highest BCUT2D eigenvalue weighted by Crippen LogP contribution is 2.25. The van der Waals surface area contributed by atoms with Crippen LogP contribution in [0.25, 0.3) is 0 Å². The van der Waals surface area contributed by atoms with E-state index in [0.29, 0.717) is 31.1 Å². The predicted octanol–water partition coefficient (Wildman–Crippen LogP) is 1.15. The van der Waals surface area contributed by atoms with E-state index in [4.69, 9.17) is 10.5 Å². The van der Waals surface area contributed by atoms with Gasteiger partial charge in [-0.1, -0.05) is 6.07 Å². The first-order valence-corrected chi connectivity index (χ1v) is 8.68. The van der Waals surface area contributed by atoms with Gasteiger partial charge in [0.25, 0.3) is 0 Å². The summed E-state index contributed by atoms with van der Waals surface area (Å²) in [4.78, 5) is 26.5. The van der Waals surface area contributed by atoms with Gasteiger partial charge < -0.3 is 21.1 Å². The lowest BCUT2D eigenvalue weighted by atomic mass is 9.97. The zero-order valence-electron chi connectivity index (χ0n) is 15.4. The lowest BCUT2D eigenvalue weighted by Crippen LogP contribution is -2.46. The van der Waals surface area contributed by atoms with Crippen LogP contribution in [0.1, 0.15) is 18.4 Å². The molecule has 1 aromatic rings. The molecule has 0 saturated carbocycles. The van der Waals surface area contributed by atoms with Gasteiger partial charge in [-0.2, -0.15) is 0 Å². The monoisotopic (exact) mass is 384 g/mol. The molecule has 1 unspecified atom stereocenters. The second kappa shape index (κ2) is 11.0. The molecule has 0 spiro atoms. The number of hydrogen-bond acceptors (Lipinski definition) is 5. The van der Waals surface area contributed by atoms with Gasteiger partial charge in [0.05, 0.1) is 25.3 Å². The average Bonchev–Trinajstić information content (AvgIpc) is 2.60. The van der Waals surface area contributed by atoms with Crippen LogP contribution in [0, 0.1) is 12.8 Å². The van der Waals surface area contributed by atoms with E-state index in [2.05, 4.69) is 10.6 Å². The number of nitrogens with two attached hydrogens (primary N) is 1. The predicted molar refractivity (Wildman–Crippen MR) is 105 cm³/mol. The fraction of sp³-hybridized carbons (Fsp3) is 0.556. The Morgan fingerprint density at radius 3 is 2.85 bits per heavy atom. The van der Waals surface area contributed by atoms with Crippen LogP contribution in [-0.4, -0.2) is 56.5 Å². The summed E-state index contributed by atoms with van der Waals surface area (Å²) in [5, 5.41) is 5.73. The van der Waals surface area contributed by atoms with Crippen LogP contribution in [-0.2, 0) is 9.59 Å². The topological polar surface area (TPSA) is 96.7 Å². The van der Waals surface area contributed by atoms with Crippen LogP contribution >= 0.6 is 12.4 Å². The molecule has 8 heteroatoms. The summed E-state index contributed by atoms with van der Waals surface area (Å²) in [5.41, 5.74) is 7.13. The second-order valence-corrected chi connectivity index (χ2v) is 6.41. The van der Waals surface area contributed by atoms with Crippen molar-refractivity contribution in [1.29, 1.82) is 0 Å². The summed E-state index contributed by atoms with van der Waals surface area (Å²) in [6.07, 6.45) is 1.75. The number of methoxy groups -OCH3 is 1. The first-order chi connectivity index (χ1) is 12.0. The number of nitrogens with zero attached hydrogens (tertiary/aromatic N) is 1. The van der Waals surface area contributed by atoms with Gasteiger partial charge in [-0.25, -0.2) is 0 Å². The molecule has 1 aliphatic heterocycles. The van der Waals surface area contributed by atoms with Crippen molar-refractivity contribution in [2.24, 2.45) is 11.7 Å². The van der Waals surface area contributed by atoms with E-state index in [1.54, 1.807) is 7.11 Å². The molecule has 0 radical (unpaired) electrons. The molecule has 1 fully saturated rings. The summed E-state index contributed by atoms with van der Waals surface area (Å²) >= 11 is 0. The SMILES string of the molecule is COc1ccc(C)cc1NC(=O)CN1CCCC(C(=O)NCCN)C1.Cl. The molecule has 0 aliphatic carbocycles. The molecule has 1 atom stereocenters. The Hall–Kier alpha value is -1.83. The van der Waals surface area contributed by atoms with Gasteiger partial charge in [0, 0.05) is 19.6 Å². The number of aryl methyl sites for hydroxylation is 1. The van der Waals surface area contributed by atoms with Crippen molar-refractivity contribution in [3.63, 3.8) is 0 Å². The van der Waals surface area contributed by atoms with E-state index in [0.717, 1.165) is 24.9 Å². The molecular formula is C18H29ClN4O3. The lowest BCUT2D eigenvalue weighted by molar-refractivity contribution is -0.127. The van der Waals surface area contributed by atoms with E-state index in [1.165, 1.54) is 0 Å². The van der Waals surface area contributed by atoms with E-state index >= 15 is 0 Å². The summed E-state index contributed by atoms with van der Waals surface area (Å²) in [7, 11) is 1.58. The fourth-order valence-corrected chi connectivity index (χ4v) is 3.07. The van der Waals surface area contributed by atoms with Crippen molar-refractivity contribution in [2.75, 3.05) is 45.2 Å². The number of amides is 2. The normalized spacial score (nSPS) is 17.1. The Labute approximate surface area is 161 Å². The van der Waals surface area contributed by atoms with Gasteiger partial charge in [0.15, 0.2) is 0 Å². The molecule has 7 nitrogen and oxygen atoms in total. The first-order valence-electron chi connectivity index (χ1n) is 8.68. The van der Waals surface area contributed by atoms with Gasteiger partial charge >= 0.3 is 0 Å². The quantitative estimate of drug-likeness (QED) is 0.655. The Balaban J connectivity index is 0.00000338. The number of halogens is 1. The molecule has 1 saturated heterocycles. The maximum absolute atomic E-state index is 12.4. The van der Waals surface area contributed by atoms with Gasteiger partial charge in [0.2, 0.25) is 11.8 Å². The average molecular weight is 385 g/mol. The number of piperidine rings is 1. The van der Waals surface area contributed by atoms with Crippen molar-refractivity contribution in [1.82, 2.24) is 10.2 Å². The van der Waals surface area contributed by atoms with Crippen LogP contribution in [0.15, 0.2) is 18.2 Å². The molecule has 1 aliphatic rings. The fourth-order valence-electron chi connectivity index (χ4n) is 3.07. The van der Waals surface area contributed by atoms with Crippen LogP contribution in [0.3, 0.4) is 0 Å². The van der Waals surface area contributed by atoms with E-state index < -0.39 is 0 Å². The van der Waals surface area contributed by atoms with Gasteiger partial charge in [0.1, 0.15) is 5.75 Å². The zero-order valence-corrected chi connectivity index (χ0v) is 16.2. The minimum atomic E-state index is -0.105. The number of rotatable bonds is 7. The molecule has 1 heterocycles. The van der Waals surface area contributed by atoms with Gasteiger partial charge in [-0.15, -0.1) is 12.4 Å². The molecule has 26 heavy (non-hydrogen) atoms. The number of benzene rings is 1. The molecule has 2 rings (SSSR count). The van der Waals surface area contributed by atoms with Crippen molar-refractivity contribution in [3.8, 4) is 5.75 Å². The minimum absolute atomic E-state index is 0. The first kappa shape index (κ1) is 22.2. The number of likely N-dealkylation sites (tertiary alicyclic amines) is 1.